The number of nitrogens with zero attached hydrogens (tertiary/aromatic N) is 1. The van der Waals surface area contributed by atoms with Gasteiger partial charge >= 0.3 is 0 Å². The van der Waals surface area contributed by atoms with Crippen LogP contribution in [0.25, 0.3) is 0 Å². The van der Waals surface area contributed by atoms with Crippen molar-refractivity contribution in [2.45, 2.75) is 46.5 Å². The fourth-order valence-corrected chi connectivity index (χ4v) is 4.53. The Bertz CT molecular complexity index is 1100. The lowest BCUT2D eigenvalue weighted by molar-refractivity contribution is 0.546. The minimum Gasteiger partial charge on any atom is -0.258 e. The maximum absolute atomic E-state index is 13.0. The van der Waals surface area contributed by atoms with Crippen molar-refractivity contribution in [2.75, 3.05) is 0 Å². The molecule has 0 N–H and O–H groups in total. The molecule has 3 aromatic carbocycles. The van der Waals surface area contributed by atoms with E-state index in [2.05, 4.69) is 76.0 Å². The van der Waals surface area contributed by atoms with E-state index in [0.29, 0.717) is 17.8 Å². The lowest BCUT2D eigenvalue weighted by Gasteiger charge is -2.22. The number of benzene rings is 3. The number of rotatable bonds is 6. The van der Waals surface area contributed by atoms with Crippen molar-refractivity contribution >= 4 is 0 Å². The van der Waals surface area contributed by atoms with Crippen molar-refractivity contribution in [1.82, 2.24) is 4.98 Å². The maximum Gasteiger partial charge on any atom is 0.141 e. The summed E-state index contributed by atoms with van der Waals surface area (Å²) in [5, 5.41) is 0. The molecule has 35 heavy (non-hydrogen) atoms. The molecule has 0 spiro atoms. The third-order valence-corrected chi connectivity index (χ3v) is 6.23. The second-order valence-corrected chi connectivity index (χ2v) is 9.72. The van der Waals surface area contributed by atoms with Gasteiger partial charge in [0, 0.05) is 17.5 Å². The van der Waals surface area contributed by atoms with Crippen LogP contribution in [-0.2, 0) is 0 Å². The first kappa shape index (κ1) is 26.3. The molecule has 1 heterocycles. The van der Waals surface area contributed by atoms with Crippen LogP contribution >= 0.6 is 0 Å². The molecule has 0 saturated heterocycles. The number of hydrogen-bond acceptors (Lipinski definition) is 1. The van der Waals surface area contributed by atoms with Crippen LogP contribution in [0.15, 0.2) is 97.2 Å². The summed E-state index contributed by atoms with van der Waals surface area (Å²) in [7, 11) is 0. The van der Waals surface area contributed by atoms with Crippen LogP contribution in [0.5, 0.6) is 0 Å². The van der Waals surface area contributed by atoms with Crippen molar-refractivity contribution in [2.24, 2.45) is 11.8 Å². The van der Waals surface area contributed by atoms with E-state index in [1.165, 1.54) is 46.6 Å². The predicted octanol–water partition coefficient (Wildman–Crippen LogP) is 8.93. The first-order valence-corrected chi connectivity index (χ1v) is 12.2. The minimum absolute atomic E-state index is 0.177. The van der Waals surface area contributed by atoms with Crippen LogP contribution < -0.4 is 0 Å². The third-order valence-electron chi connectivity index (χ3n) is 6.23. The smallest absolute Gasteiger partial charge is 0.141 e. The fraction of sp³-hybridized carbons (Fsp3) is 0.281. The van der Waals surface area contributed by atoms with Gasteiger partial charge in [0.1, 0.15) is 11.6 Å². The topological polar surface area (TPSA) is 12.9 Å². The van der Waals surface area contributed by atoms with Crippen molar-refractivity contribution in [3.05, 3.63) is 137 Å². The Kier molecular flexibility index (Phi) is 9.31. The van der Waals surface area contributed by atoms with Crippen LogP contribution in [0.2, 0.25) is 0 Å². The second-order valence-electron chi connectivity index (χ2n) is 9.72. The summed E-state index contributed by atoms with van der Waals surface area (Å²) in [6.45, 7) is 10.8. The molecule has 2 unspecified atom stereocenters. The Labute approximate surface area is 208 Å². The molecular formula is C32H35F2N. The first-order valence-electron chi connectivity index (χ1n) is 12.2. The van der Waals surface area contributed by atoms with E-state index in [4.69, 9.17) is 0 Å². The molecule has 2 atom stereocenters. The number of halogens is 2. The number of aromatic nitrogens is 1. The van der Waals surface area contributed by atoms with Crippen molar-refractivity contribution in [3.63, 3.8) is 0 Å². The van der Waals surface area contributed by atoms with E-state index in [9.17, 15) is 8.78 Å². The number of hydrogen-bond donors (Lipinski definition) is 0. The van der Waals surface area contributed by atoms with Gasteiger partial charge in [0.25, 0.3) is 0 Å². The van der Waals surface area contributed by atoms with Crippen LogP contribution in [0.4, 0.5) is 8.78 Å². The Morgan fingerprint density at radius 3 is 1.54 bits per heavy atom. The van der Waals surface area contributed by atoms with Crippen LogP contribution in [0.1, 0.15) is 67.5 Å². The van der Waals surface area contributed by atoms with Gasteiger partial charge in [-0.25, -0.2) is 8.78 Å². The highest BCUT2D eigenvalue weighted by Gasteiger charge is 2.19. The summed E-state index contributed by atoms with van der Waals surface area (Å²) in [5.74, 6) is 0.992. The number of pyridine rings is 1. The van der Waals surface area contributed by atoms with Gasteiger partial charge in [-0.3, -0.25) is 4.98 Å². The predicted molar refractivity (Wildman–Crippen MR) is 142 cm³/mol. The maximum atomic E-state index is 13.0. The molecular weight excluding hydrogens is 436 g/mol. The molecule has 4 aromatic rings. The van der Waals surface area contributed by atoms with Gasteiger partial charge in [-0.2, -0.15) is 0 Å². The van der Waals surface area contributed by atoms with E-state index < -0.39 is 0 Å². The van der Waals surface area contributed by atoms with E-state index in [1.54, 1.807) is 6.07 Å². The minimum atomic E-state index is -0.287. The summed E-state index contributed by atoms with van der Waals surface area (Å²) >= 11 is 0. The van der Waals surface area contributed by atoms with Gasteiger partial charge in [0.2, 0.25) is 0 Å². The Morgan fingerprint density at radius 1 is 0.543 bits per heavy atom. The standard InChI is InChI=1S/C16H18FN.C16H17F/c1-11(2)16(13-6-4-12(3)5-7-13)15-9-8-14(17)10-18-15;1-12(2)16(13-6-4-3-5-7-13)14-8-10-15(17)11-9-14/h4-11,16H,1-3H3;3-12,16H,1-2H3. The van der Waals surface area contributed by atoms with E-state index in [0.717, 1.165) is 5.69 Å². The lowest BCUT2D eigenvalue weighted by Crippen LogP contribution is -2.10. The summed E-state index contributed by atoms with van der Waals surface area (Å²) in [4.78, 5) is 4.22. The molecule has 0 radical (unpaired) electrons. The molecule has 0 fully saturated rings. The Balaban J connectivity index is 0.000000196. The molecule has 0 saturated carbocycles. The van der Waals surface area contributed by atoms with Gasteiger partial charge in [-0.1, -0.05) is 100.0 Å². The summed E-state index contributed by atoms with van der Waals surface area (Å²) in [6.07, 6.45) is 1.29. The molecule has 4 rings (SSSR count). The molecule has 0 bridgehead atoms. The van der Waals surface area contributed by atoms with Crippen LogP contribution in [0, 0.1) is 30.4 Å². The molecule has 1 aromatic heterocycles. The van der Waals surface area contributed by atoms with Crippen LogP contribution in [0.3, 0.4) is 0 Å². The number of aryl methyl sites for hydroxylation is 1. The fourth-order valence-electron chi connectivity index (χ4n) is 4.53. The van der Waals surface area contributed by atoms with E-state index in [1.807, 2.05) is 30.3 Å². The van der Waals surface area contributed by atoms with Gasteiger partial charge in [0.05, 0.1) is 6.20 Å². The molecule has 0 aliphatic heterocycles. The van der Waals surface area contributed by atoms with Crippen LogP contribution in [-0.4, -0.2) is 4.98 Å². The molecule has 1 nitrogen and oxygen atoms in total. The van der Waals surface area contributed by atoms with Crippen molar-refractivity contribution in [3.8, 4) is 0 Å². The Hall–Kier alpha value is -3.33. The molecule has 0 amide bonds. The largest absolute Gasteiger partial charge is 0.258 e. The van der Waals surface area contributed by atoms with Gasteiger partial charge in [0.15, 0.2) is 0 Å². The summed E-state index contributed by atoms with van der Waals surface area (Å²) in [6, 6.07) is 28.9. The quantitative estimate of drug-likeness (QED) is 0.273. The van der Waals surface area contributed by atoms with Gasteiger partial charge in [-0.15, -0.1) is 0 Å². The van der Waals surface area contributed by atoms with Crippen molar-refractivity contribution < 1.29 is 8.78 Å². The summed E-state index contributed by atoms with van der Waals surface area (Å²) in [5.41, 5.74) is 5.86. The molecule has 0 aliphatic carbocycles. The van der Waals surface area contributed by atoms with Gasteiger partial charge in [-0.05, 0) is 59.7 Å². The lowest BCUT2D eigenvalue weighted by atomic mass is 9.83. The zero-order valence-electron chi connectivity index (χ0n) is 21.3. The summed E-state index contributed by atoms with van der Waals surface area (Å²) < 4.78 is 25.9. The third kappa shape index (κ3) is 7.32. The molecule has 0 aliphatic rings. The van der Waals surface area contributed by atoms with Crippen molar-refractivity contribution in [1.29, 1.82) is 0 Å². The average molecular weight is 472 g/mol. The average Bonchev–Trinajstić information content (AvgIpc) is 2.84. The zero-order chi connectivity index (χ0) is 25.4. The first-order chi connectivity index (χ1) is 16.8. The highest BCUT2D eigenvalue weighted by molar-refractivity contribution is 5.33. The van der Waals surface area contributed by atoms with E-state index in [-0.39, 0.29) is 17.6 Å². The van der Waals surface area contributed by atoms with E-state index >= 15 is 0 Å². The second kappa shape index (κ2) is 12.4. The zero-order valence-corrected chi connectivity index (χ0v) is 21.3. The highest BCUT2D eigenvalue weighted by atomic mass is 19.1. The SMILES string of the molecule is CC(C)C(c1ccccc1)c1ccc(F)cc1.Cc1ccc(C(c2ccc(F)cn2)C(C)C)cc1. The molecule has 3 heteroatoms. The normalized spacial score (nSPS) is 12.7. The highest BCUT2D eigenvalue weighted by Crippen LogP contribution is 2.32. The monoisotopic (exact) mass is 471 g/mol. The molecule has 182 valence electrons. The van der Waals surface area contributed by atoms with Gasteiger partial charge < -0.3 is 0 Å². The Morgan fingerprint density at radius 2 is 1.03 bits per heavy atom.